The summed E-state index contributed by atoms with van der Waals surface area (Å²) in [5.41, 5.74) is 0. The lowest BCUT2D eigenvalue weighted by Gasteiger charge is -2.14. The van der Waals surface area contributed by atoms with Crippen LogP contribution in [0.15, 0.2) is 22.5 Å². The molecule has 1 amide bonds. The van der Waals surface area contributed by atoms with Crippen molar-refractivity contribution in [2.45, 2.75) is 52.4 Å². The normalized spacial score (nSPS) is 15.9. The van der Waals surface area contributed by atoms with Crippen molar-refractivity contribution >= 4 is 47.2 Å². The number of rotatable bonds is 10. The summed E-state index contributed by atoms with van der Waals surface area (Å²) in [5.74, 6) is 2.13. The number of hydrogen-bond donors (Lipinski definition) is 3. The van der Waals surface area contributed by atoms with Crippen LogP contribution in [0.5, 0.6) is 0 Å². The molecule has 2 rings (SSSR count). The van der Waals surface area contributed by atoms with E-state index in [0.717, 1.165) is 25.5 Å². The summed E-state index contributed by atoms with van der Waals surface area (Å²) in [4.78, 5) is 18.0. The summed E-state index contributed by atoms with van der Waals surface area (Å²) in [7, 11) is 0. The fourth-order valence-electron chi connectivity index (χ4n) is 3.36. The van der Waals surface area contributed by atoms with Gasteiger partial charge in [-0.3, -0.25) is 9.79 Å². The summed E-state index contributed by atoms with van der Waals surface area (Å²) in [5, 5.41) is 11.7. The lowest BCUT2D eigenvalue weighted by Crippen LogP contribution is -2.42. The molecular formula is C20H35IN4OS. The minimum Gasteiger partial charge on any atom is -0.357 e. The highest BCUT2D eigenvalue weighted by molar-refractivity contribution is 14.0. The molecule has 0 saturated heterocycles. The SMILES string of the molecule is CCNC(=NCC(C)Cc1cccs1)NCCNC(=O)CC1CCCC1.I. The molecule has 0 radical (unpaired) electrons. The Balaban J connectivity index is 0.00000364. The second-order valence-electron chi connectivity index (χ2n) is 7.24. The highest BCUT2D eigenvalue weighted by atomic mass is 127. The third kappa shape index (κ3) is 10.3. The monoisotopic (exact) mass is 506 g/mol. The molecule has 0 aliphatic heterocycles. The van der Waals surface area contributed by atoms with Crippen molar-refractivity contribution in [3.63, 3.8) is 0 Å². The van der Waals surface area contributed by atoms with Crippen molar-refractivity contribution in [3.8, 4) is 0 Å². The minimum atomic E-state index is 0. The third-order valence-electron chi connectivity index (χ3n) is 4.72. The van der Waals surface area contributed by atoms with Crippen LogP contribution in [0.1, 0.15) is 50.8 Å². The predicted molar refractivity (Wildman–Crippen MR) is 126 cm³/mol. The van der Waals surface area contributed by atoms with Gasteiger partial charge in [-0.15, -0.1) is 35.3 Å². The number of halogens is 1. The van der Waals surface area contributed by atoms with E-state index < -0.39 is 0 Å². The summed E-state index contributed by atoms with van der Waals surface area (Å²) in [6.07, 6.45) is 6.76. The molecule has 1 aliphatic carbocycles. The number of guanidine groups is 1. The fraction of sp³-hybridized carbons (Fsp3) is 0.700. The van der Waals surface area contributed by atoms with Crippen LogP contribution in [0.2, 0.25) is 0 Å². The largest absolute Gasteiger partial charge is 0.357 e. The van der Waals surface area contributed by atoms with Crippen molar-refractivity contribution in [2.75, 3.05) is 26.2 Å². The number of carbonyl (C=O) groups excluding carboxylic acids is 1. The van der Waals surface area contributed by atoms with E-state index in [1.165, 1.54) is 30.6 Å². The first-order valence-corrected chi connectivity index (χ1v) is 10.9. The molecule has 1 atom stereocenters. The second kappa shape index (κ2) is 14.2. The molecule has 5 nitrogen and oxygen atoms in total. The van der Waals surface area contributed by atoms with Crippen LogP contribution < -0.4 is 16.0 Å². The predicted octanol–water partition coefficient (Wildman–Crippen LogP) is 3.80. The van der Waals surface area contributed by atoms with Crippen molar-refractivity contribution < 1.29 is 4.79 Å². The Bertz CT molecular complexity index is 544. The van der Waals surface area contributed by atoms with E-state index in [2.05, 4.69) is 52.3 Å². The molecule has 1 aromatic rings. The standard InChI is InChI=1S/C20H34N4OS.HI/c1-3-21-20(24-15-16(2)13-18-9-6-12-26-18)23-11-10-22-19(25)14-17-7-4-5-8-17;/h6,9,12,16-17H,3-5,7-8,10-11,13-15H2,1-2H3,(H,22,25)(H2,21,23,24);1H. The lowest BCUT2D eigenvalue weighted by molar-refractivity contribution is -0.121. The van der Waals surface area contributed by atoms with Gasteiger partial charge in [-0.2, -0.15) is 0 Å². The summed E-state index contributed by atoms with van der Waals surface area (Å²) in [6, 6.07) is 4.28. The number of nitrogens with zero attached hydrogens (tertiary/aromatic N) is 1. The van der Waals surface area contributed by atoms with Gasteiger partial charge in [-0.25, -0.2) is 0 Å². The van der Waals surface area contributed by atoms with Gasteiger partial charge >= 0.3 is 0 Å². The van der Waals surface area contributed by atoms with Crippen LogP contribution >= 0.6 is 35.3 Å². The maximum Gasteiger partial charge on any atom is 0.220 e. The maximum absolute atomic E-state index is 12.0. The first-order chi connectivity index (χ1) is 12.7. The molecule has 1 aromatic heterocycles. The Labute approximate surface area is 185 Å². The molecule has 0 spiro atoms. The zero-order chi connectivity index (χ0) is 18.6. The van der Waals surface area contributed by atoms with Crippen LogP contribution in [-0.2, 0) is 11.2 Å². The fourth-order valence-corrected chi connectivity index (χ4v) is 4.23. The number of thiophene rings is 1. The molecule has 1 unspecified atom stereocenters. The maximum atomic E-state index is 12.0. The zero-order valence-electron chi connectivity index (χ0n) is 16.6. The van der Waals surface area contributed by atoms with Crippen LogP contribution in [-0.4, -0.2) is 38.0 Å². The first kappa shape index (κ1) is 24.2. The Morgan fingerprint density at radius 3 is 2.67 bits per heavy atom. The van der Waals surface area contributed by atoms with Gasteiger partial charge in [0.2, 0.25) is 5.91 Å². The van der Waals surface area contributed by atoms with E-state index >= 15 is 0 Å². The Morgan fingerprint density at radius 2 is 2.00 bits per heavy atom. The van der Waals surface area contributed by atoms with E-state index in [9.17, 15) is 4.79 Å². The van der Waals surface area contributed by atoms with Crippen LogP contribution in [0.4, 0.5) is 0 Å². The van der Waals surface area contributed by atoms with Crippen LogP contribution in [0.25, 0.3) is 0 Å². The molecule has 27 heavy (non-hydrogen) atoms. The van der Waals surface area contributed by atoms with Crippen LogP contribution in [0, 0.1) is 11.8 Å². The molecule has 0 aromatic carbocycles. The van der Waals surface area contributed by atoms with Crippen molar-refractivity contribution in [1.29, 1.82) is 0 Å². The Kier molecular flexibility index (Phi) is 12.7. The summed E-state index contributed by atoms with van der Waals surface area (Å²) in [6.45, 7) is 7.26. The van der Waals surface area contributed by atoms with Crippen molar-refractivity contribution in [3.05, 3.63) is 22.4 Å². The van der Waals surface area contributed by atoms with E-state index in [0.29, 0.717) is 31.3 Å². The molecule has 3 N–H and O–H groups in total. The molecule has 0 bridgehead atoms. The minimum absolute atomic E-state index is 0. The molecule has 1 saturated carbocycles. The molecule has 1 aliphatic rings. The van der Waals surface area contributed by atoms with Crippen LogP contribution in [0.3, 0.4) is 0 Å². The van der Waals surface area contributed by atoms with Gasteiger partial charge < -0.3 is 16.0 Å². The third-order valence-corrected chi connectivity index (χ3v) is 5.62. The molecule has 1 heterocycles. The topological polar surface area (TPSA) is 65.5 Å². The van der Waals surface area contributed by atoms with Gasteiger partial charge in [-0.1, -0.05) is 25.8 Å². The van der Waals surface area contributed by atoms with Crippen molar-refractivity contribution in [2.24, 2.45) is 16.8 Å². The number of amides is 1. The van der Waals surface area contributed by atoms with Gasteiger partial charge in [0.05, 0.1) is 0 Å². The van der Waals surface area contributed by atoms with E-state index in [-0.39, 0.29) is 29.9 Å². The van der Waals surface area contributed by atoms with Gasteiger partial charge in [0.1, 0.15) is 0 Å². The molecular weight excluding hydrogens is 471 g/mol. The van der Waals surface area contributed by atoms with Gasteiger partial charge in [0.15, 0.2) is 5.96 Å². The average Bonchev–Trinajstić information content (AvgIpc) is 3.30. The highest BCUT2D eigenvalue weighted by Gasteiger charge is 2.17. The Morgan fingerprint density at radius 1 is 1.26 bits per heavy atom. The Hall–Kier alpha value is -0.830. The molecule has 154 valence electrons. The number of carbonyl (C=O) groups is 1. The van der Waals surface area contributed by atoms with E-state index in [4.69, 9.17) is 0 Å². The number of nitrogens with one attached hydrogen (secondary N) is 3. The molecule has 7 heteroatoms. The lowest BCUT2D eigenvalue weighted by atomic mass is 10.0. The molecule has 1 fully saturated rings. The second-order valence-corrected chi connectivity index (χ2v) is 8.27. The zero-order valence-corrected chi connectivity index (χ0v) is 19.8. The van der Waals surface area contributed by atoms with Gasteiger partial charge in [0.25, 0.3) is 0 Å². The number of aliphatic imine (C=N–C) groups is 1. The van der Waals surface area contributed by atoms with Gasteiger partial charge in [-0.05, 0) is 49.5 Å². The van der Waals surface area contributed by atoms with E-state index in [1.807, 2.05) is 0 Å². The van der Waals surface area contributed by atoms with Gasteiger partial charge in [0, 0.05) is 37.5 Å². The highest BCUT2D eigenvalue weighted by Crippen LogP contribution is 2.27. The smallest absolute Gasteiger partial charge is 0.220 e. The first-order valence-electron chi connectivity index (χ1n) is 9.98. The van der Waals surface area contributed by atoms with Crippen molar-refractivity contribution in [1.82, 2.24) is 16.0 Å². The summed E-state index contributed by atoms with van der Waals surface area (Å²) >= 11 is 1.81. The quantitative estimate of drug-likeness (QED) is 0.196. The van der Waals surface area contributed by atoms with E-state index in [1.54, 1.807) is 11.3 Å². The summed E-state index contributed by atoms with van der Waals surface area (Å²) < 4.78 is 0. The average molecular weight is 506 g/mol. The number of hydrogen-bond acceptors (Lipinski definition) is 3.